The lowest BCUT2D eigenvalue weighted by atomic mass is 10.1. The second-order valence-electron chi connectivity index (χ2n) is 2.77. The molecule has 2 aromatic rings. The summed E-state index contributed by atoms with van der Waals surface area (Å²) >= 11 is 3.20. The Morgan fingerprint density at radius 3 is 2.57 bits per heavy atom. The zero-order valence-corrected chi connectivity index (χ0v) is 9.70. The van der Waals surface area contributed by atoms with E-state index >= 15 is 0 Å². The van der Waals surface area contributed by atoms with Crippen molar-refractivity contribution in [3.05, 3.63) is 32.7 Å². The summed E-state index contributed by atoms with van der Waals surface area (Å²) in [6.07, 6.45) is -4.26. The van der Waals surface area contributed by atoms with Crippen LogP contribution in [-0.2, 0) is 6.18 Å². The van der Waals surface area contributed by atoms with Gasteiger partial charge in [-0.3, -0.25) is 0 Å². The standard InChI is InChI=1S/C9H4F3IS/c10-9(11,12)6-3-1-2-5-4-7(13)14-8(5)6/h1-4H. The molecule has 0 spiro atoms. The number of rotatable bonds is 0. The summed E-state index contributed by atoms with van der Waals surface area (Å²) in [6, 6.07) is 6.02. The third-order valence-corrected chi connectivity index (χ3v) is 3.76. The van der Waals surface area contributed by atoms with Crippen LogP contribution in [-0.4, -0.2) is 0 Å². The Hall–Kier alpha value is -0.300. The highest BCUT2D eigenvalue weighted by molar-refractivity contribution is 14.1. The fraction of sp³-hybridized carbons (Fsp3) is 0.111. The summed E-state index contributed by atoms with van der Waals surface area (Å²) in [4.78, 5) is 0. The predicted octanol–water partition coefficient (Wildman–Crippen LogP) is 4.52. The maximum atomic E-state index is 12.5. The fourth-order valence-corrected chi connectivity index (χ4v) is 3.17. The Kier molecular flexibility index (Phi) is 2.46. The van der Waals surface area contributed by atoms with E-state index in [4.69, 9.17) is 0 Å². The van der Waals surface area contributed by atoms with E-state index in [0.717, 1.165) is 8.95 Å². The molecule has 74 valence electrons. The Morgan fingerprint density at radius 1 is 1.21 bits per heavy atom. The number of hydrogen-bond acceptors (Lipinski definition) is 1. The van der Waals surface area contributed by atoms with Gasteiger partial charge in [0.25, 0.3) is 0 Å². The van der Waals surface area contributed by atoms with Crippen molar-refractivity contribution in [1.82, 2.24) is 0 Å². The van der Waals surface area contributed by atoms with Gasteiger partial charge in [0, 0.05) is 4.70 Å². The first-order chi connectivity index (χ1) is 6.48. The fourth-order valence-electron chi connectivity index (χ4n) is 1.25. The number of fused-ring (bicyclic) bond motifs is 1. The molecule has 0 saturated heterocycles. The van der Waals surface area contributed by atoms with Crippen molar-refractivity contribution < 1.29 is 13.2 Å². The molecule has 5 heteroatoms. The topological polar surface area (TPSA) is 0 Å². The summed E-state index contributed by atoms with van der Waals surface area (Å²) in [6.45, 7) is 0. The van der Waals surface area contributed by atoms with Crippen LogP contribution in [0.2, 0.25) is 0 Å². The Morgan fingerprint density at radius 2 is 1.93 bits per heavy atom. The zero-order valence-electron chi connectivity index (χ0n) is 6.73. The molecule has 1 heterocycles. The number of alkyl halides is 3. The molecule has 0 amide bonds. The highest BCUT2D eigenvalue weighted by Crippen LogP contribution is 2.38. The maximum absolute atomic E-state index is 12.5. The number of hydrogen-bond donors (Lipinski definition) is 0. The quantitative estimate of drug-likeness (QED) is 0.624. The first-order valence-corrected chi connectivity index (χ1v) is 5.63. The van der Waals surface area contributed by atoms with Crippen LogP contribution >= 0.6 is 33.9 Å². The van der Waals surface area contributed by atoms with Crippen LogP contribution in [0.5, 0.6) is 0 Å². The number of thiophene rings is 1. The van der Waals surface area contributed by atoms with E-state index in [1.165, 1.54) is 17.4 Å². The SMILES string of the molecule is FC(F)(F)c1cccc2cc(I)sc12. The van der Waals surface area contributed by atoms with Gasteiger partial charge in [-0.05, 0) is 40.1 Å². The third-order valence-electron chi connectivity index (χ3n) is 1.82. The molecule has 2 rings (SSSR count). The summed E-state index contributed by atoms with van der Waals surface area (Å²) in [7, 11) is 0. The van der Waals surface area contributed by atoms with E-state index in [0.29, 0.717) is 10.1 Å². The smallest absolute Gasteiger partial charge is 0.166 e. The normalized spacial score (nSPS) is 12.3. The molecule has 0 aliphatic carbocycles. The van der Waals surface area contributed by atoms with Crippen molar-refractivity contribution in [2.24, 2.45) is 0 Å². The number of halogens is 4. The van der Waals surface area contributed by atoms with Gasteiger partial charge in [0.15, 0.2) is 0 Å². The lowest BCUT2D eigenvalue weighted by Gasteiger charge is -2.06. The van der Waals surface area contributed by atoms with E-state index in [1.807, 2.05) is 22.6 Å². The van der Waals surface area contributed by atoms with E-state index in [-0.39, 0.29) is 0 Å². The monoisotopic (exact) mass is 328 g/mol. The molecule has 0 bridgehead atoms. The minimum absolute atomic E-state index is 0.324. The average Bonchev–Trinajstić information content (AvgIpc) is 2.41. The van der Waals surface area contributed by atoms with Gasteiger partial charge < -0.3 is 0 Å². The Balaban J connectivity index is 2.77. The summed E-state index contributed by atoms with van der Waals surface area (Å²) in [5.41, 5.74) is -0.539. The second kappa shape index (κ2) is 3.37. The molecule has 0 saturated carbocycles. The molecule has 1 aromatic carbocycles. The Bertz CT molecular complexity index is 472. The lowest BCUT2D eigenvalue weighted by molar-refractivity contribution is -0.136. The lowest BCUT2D eigenvalue weighted by Crippen LogP contribution is -2.04. The molecule has 0 unspecified atom stereocenters. The van der Waals surface area contributed by atoms with E-state index in [9.17, 15) is 13.2 Å². The zero-order chi connectivity index (χ0) is 10.3. The van der Waals surface area contributed by atoms with Gasteiger partial charge in [-0.1, -0.05) is 12.1 Å². The summed E-state index contributed by atoms with van der Waals surface area (Å²) < 4.78 is 38.8. The van der Waals surface area contributed by atoms with Crippen LogP contribution in [0.4, 0.5) is 13.2 Å². The van der Waals surface area contributed by atoms with E-state index < -0.39 is 11.7 Å². The van der Waals surface area contributed by atoms with E-state index in [1.54, 1.807) is 12.1 Å². The van der Waals surface area contributed by atoms with Crippen LogP contribution in [0.15, 0.2) is 24.3 Å². The van der Waals surface area contributed by atoms with Crippen molar-refractivity contribution >= 4 is 44.0 Å². The molecule has 14 heavy (non-hydrogen) atoms. The van der Waals surface area contributed by atoms with Gasteiger partial charge in [-0.25, -0.2) is 0 Å². The summed E-state index contributed by atoms with van der Waals surface area (Å²) in [5, 5.41) is 0.661. The molecule has 0 atom stereocenters. The van der Waals surface area contributed by atoms with Gasteiger partial charge in [-0.15, -0.1) is 11.3 Å². The van der Waals surface area contributed by atoms with Gasteiger partial charge in [0.05, 0.1) is 8.45 Å². The maximum Gasteiger partial charge on any atom is 0.417 e. The molecule has 0 fully saturated rings. The average molecular weight is 328 g/mol. The molecular weight excluding hydrogens is 324 g/mol. The highest BCUT2D eigenvalue weighted by atomic mass is 127. The van der Waals surface area contributed by atoms with Crippen molar-refractivity contribution in [1.29, 1.82) is 0 Å². The van der Waals surface area contributed by atoms with Crippen molar-refractivity contribution in [2.75, 3.05) is 0 Å². The predicted molar refractivity (Wildman–Crippen MR) is 59.5 cm³/mol. The van der Waals surface area contributed by atoms with Crippen LogP contribution in [0.25, 0.3) is 10.1 Å². The van der Waals surface area contributed by atoms with Crippen molar-refractivity contribution in [3.63, 3.8) is 0 Å². The first-order valence-electron chi connectivity index (χ1n) is 3.74. The first kappa shape index (κ1) is 10.2. The number of benzene rings is 1. The molecular formula is C9H4F3IS. The molecule has 0 N–H and O–H groups in total. The molecule has 0 nitrogen and oxygen atoms in total. The van der Waals surface area contributed by atoms with Crippen molar-refractivity contribution in [3.8, 4) is 0 Å². The van der Waals surface area contributed by atoms with E-state index in [2.05, 4.69) is 0 Å². The summed E-state index contributed by atoms with van der Waals surface area (Å²) in [5.74, 6) is 0. The van der Waals surface area contributed by atoms with Crippen molar-refractivity contribution in [2.45, 2.75) is 6.18 Å². The molecule has 1 aromatic heterocycles. The molecule has 0 aliphatic heterocycles. The van der Waals surface area contributed by atoms with Crippen LogP contribution in [0.1, 0.15) is 5.56 Å². The highest BCUT2D eigenvalue weighted by Gasteiger charge is 2.32. The van der Waals surface area contributed by atoms with Gasteiger partial charge in [0.1, 0.15) is 0 Å². The largest absolute Gasteiger partial charge is 0.417 e. The second-order valence-corrected chi connectivity index (χ2v) is 5.72. The molecule has 0 radical (unpaired) electrons. The van der Waals surface area contributed by atoms with Crippen LogP contribution in [0, 0.1) is 2.88 Å². The van der Waals surface area contributed by atoms with Gasteiger partial charge in [0.2, 0.25) is 0 Å². The molecule has 0 aliphatic rings. The Labute approximate surface area is 95.9 Å². The van der Waals surface area contributed by atoms with Gasteiger partial charge in [-0.2, -0.15) is 13.2 Å². The van der Waals surface area contributed by atoms with Crippen LogP contribution in [0.3, 0.4) is 0 Å². The van der Waals surface area contributed by atoms with Crippen LogP contribution < -0.4 is 0 Å². The minimum Gasteiger partial charge on any atom is -0.166 e. The van der Waals surface area contributed by atoms with Gasteiger partial charge >= 0.3 is 6.18 Å². The third kappa shape index (κ3) is 1.75. The minimum atomic E-state index is -4.26.